The van der Waals surface area contributed by atoms with E-state index in [0.29, 0.717) is 12.6 Å². The standard InChI is InChI=1S/C12H14F3NO.C8H12N4O.C2H6.C2H4/c13-12(14,15)10-3-1-9(2-4-10)8-17-11-5-6-16-7-11;9-8-10-5-7(6-11-8)12-1-3-13-4-2-12;2*1-2/h1-4,11,16H,5-8H2;5-6H,1-4H2,(H2,9,10,11);1-2H3;1-2H2. The van der Waals surface area contributed by atoms with Crippen LogP contribution in [-0.4, -0.2) is 55.5 Å². The van der Waals surface area contributed by atoms with Gasteiger partial charge < -0.3 is 25.4 Å². The molecule has 4 rings (SSSR count). The Balaban J connectivity index is 0.000000304. The minimum Gasteiger partial charge on any atom is -0.378 e. The Bertz CT molecular complexity index is 777. The minimum atomic E-state index is -4.27. The Kier molecular flexibility index (Phi) is 13.8. The van der Waals surface area contributed by atoms with E-state index in [1.165, 1.54) is 12.1 Å². The molecule has 34 heavy (non-hydrogen) atoms. The topological polar surface area (TPSA) is 85.5 Å². The van der Waals surface area contributed by atoms with E-state index in [1.807, 2.05) is 13.8 Å². The molecule has 1 aromatic heterocycles. The number of nitrogens with one attached hydrogen (secondary N) is 1. The molecule has 10 heteroatoms. The summed E-state index contributed by atoms with van der Waals surface area (Å²) in [6.07, 6.45) is 0.355. The molecule has 0 spiro atoms. The summed E-state index contributed by atoms with van der Waals surface area (Å²) >= 11 is 0. The molecule has 2 aliphatic rings. The fourth-order valence-corrected chi connectivity index (χ4v) is 3.09. The number of rotatable bonds is 4. The molecule has 1 unspecified atom stereocenters. The largest absolute Gasteiger partial charge is 0.416 e. The molecule has 0 aliphatic carbocycles. The number of nitrogens with two attached hydrogens (primary N) is 1. The van der Waals surface area contributed by atoms with Gasteiger partial charge in [0.05, 0.1) is 49.6 Å². The van der Waals surface area contributed by atoms with Crippen LogP contribution in [0.15, 0.2) is 49.8 Å². The van der Waals surface area contributed by atoms with Crippen LogP contribution in [0, 0.1) is 0 Å². The molecule has 0 radical (unpaired) electrons. The molecule has 3 N–H and O–H groups in total. The minimum absolute atomic E-state index is 0.178. The lowest BCUT2D eigenvalue weighted by Crippen LogP contribution is -2.36. The Morgan fingerprint density at radius 3 is 2.21 bits per heavy atom. The van der Waals surface area contributed by atoms with Crippen molar-refractivity contribution in [2.75, 3.05) is 50.0 Å². The van der Waals surface area contributed by atoms with Crippen molar-refractivity contribution in [2.45, 2.75) is 39.2 Å². The zero-order valence-corrected chi connectivity index (χ0v) is 20.0. The third-order valence-electron chi connectivity index (χ3n) is 4.82. The van der Waals surface area contributed by atoms with Gasteiger partial charge in [0.1, 0.15) is 0 Å². The van der Waals surface area contributed by atoms with Gasteiger partial charge in [-0.3, -0.25) is 0 Å². The summed E-state index contributed by atoms with van der Waals surface area (Å²) in [5.74, 6) is 0.317. The molecular weight excluding hydrogens is 447 g/mol. The molecule has 2 fully saturated rings. The predicted molar refractivity (Wildman–Crippen MR) is 130 cm³/mol. The highest BCUT2D eigenvalue weighted by molar-refractivity contribution is 5.43. The first kappa shape index (κ1) is 29.3. The maximum Gasteiger partial charge on any atom is 0.416 e. The number of benzene rings is 1. The van der Waals surface area contributed by atoms with E-state index in [4.69, 9.17) is 15.2 Å². The summed E-state index contributed by atoms with van der Waals surface area (Å²) in [5.41, 5.74) is 6.55. The molecule has 1 aromatic carbocycles. The summed E-state index contributed by atoms with van der Waals surface area (Å²) in [7, 11) is 0. The van der Waals surface area contributed by atoms with E-state index in [1.54, 1.807) is 12.4 Å². The number of hydrogen-bond donors (Lipinski definition) is 2. The molecule has 1 atom stereocenters. The second-order valence-corrected chi connectivity index (χ2v) is 7.02. The van der Waals surface area contributed by atoms with Gasteiger partial charge in [-0.05, 0) is 30.7 Å². The molecule has 3 heterocycles. The first-order valence-corrected chi connectivity index (χ1v) is 11.3. The first-order valence-electron chi connectivity index (χ1n) is 11.3. The van der Waals surface area contributed by atoms with Gasteiger partial charge in [0.25, 0.3) is 0 Å². The van der Waals surface area contributed by atoms with Crippen molar-refractivity contribution in [3.63, 3.8) is 0 Å². The number of anilines is 2. The third kappa shape index (κ3) is 10.5. The number of nitrogens with zero attached hydrogens (tertiary/aromatic N) is 3. The molecular formula is C24H36F3N5O2. The number of nitrogen functional groups attached to an aromatic ring is 1. The molecule has 0 bridgehead atoms. The number of morpholine rings is 1. The van der Waals surface area contributed by atoms with E-state index in [-0.39, 0.29) is 6.10 Å². The molecule has 190 valence electrons. The lowest BCUT2D eigenvalue weighted by Gasteiger charge is -2.28. The summed E-state index contributed by atoms with van der Waals surface area (Å²) in [5, 5.41) is 3.16. The quantitative estimate of drug-likeness (QED) is 0.627. The van der Waals surface area contributed by atoms with E-state index in [2.05, 4.69) is 33.3 Å². The molecule has 2 aliphatic heterocycles. The summed E-state index contributed by atoms with van der Waals surface area (Å²) in [6, 6.07) is 5.10. The molecule has 7 nitrogen and oxygen atoms in total. The maximum absolute atomic E-state index is 12.3. The van der Waals surface area contributed by atoms with Crippen molar-refractivity contribution in [3.05, 3.63) is 60.9 Å². The predicted octanol–water partition coefficient (Wildman–Crippen LogP) is 4.31. The summed E-state index contributed by atoms with van der Waals surface area (Å²) in [6.45, 7) is 15.5. The summed E-state index contributed by atoms with van der Waals surface area (Å²) in [4.78, 5) is 10.1. The van der Waals surface area contributed by atoms with Crippen LogP contribution in [0.2, 0.25) is 0 Å². The van der Waals surface area contributed by atoms with Gasteiger partial charge in [-0.1, -0.05) is 26.0 Å². The van der Waals surface area contributed by atoms with Gasteiger partial charge in [0.2, 0.25) is 5.95 Å². The third-order valence-corrected chi connectivity index (χ3v) is 4.82. The fourth-order valence-electron chi connectivity index (χ4n) is 3.09. The highest BCUT2D eigenvalue weighted by Crippen LogP contribution is 2.29. The van der Waals surface area contributed by atoms with E-state index < -0.39 is 11.7 Å². The number of halogens is 3. The van der Waals surface area contributed by atoms with Crippen LogP contribution in [0.5, 0.6) is 0 Å². The van der Waals surface area contributed by atoms with E-state index in [9.17, 15) is 13.2 Å². The van der Waals surface area contributed by atoms with Crippen LogP contribution in [-0.2, 0) is 22.3 Å². The van der Waals surface area contributed by atoms with Crippen molar-refractivity contribution in [1.82, 2.24) is 15.3 Å². The Morgan fingerprint density at radius 1 is 1.12 bits per heavy atom. The van der Waals surface area contributed by atoms with E-state index in [0.717, 1.165) is 69.2 Å². The average molecular weight is 484 g/mol. The lowest BCUT2D eigenvalue weighted by molar-refractivity contribution is -0.137. The van der Waals surface area contributed by atoms with Crippen LogP contribution in [0.1, 0.15) is 31.4 Å². The van der Waals surface area contributed by atoms with Gasteiger partial charge in [-0.25, -0.2) is 9.97 Å². The number of ether oxygens (including phenoxy) is 2. The zero-order valence-electron chi connectivity index (χ0n) is 20.0. The van der Waals surface area contributed by atoms with Crippen LogP contribution in [0.25, 0.3) is 0 Å². The SMILES string of the molecule is C=C.CC.FC(F)(F)c1ccc(COC2CCNC2)cc1.Nc1ncc(N2CCOCC2)cn1. The summed E-state index contributed by atoms with van der Waals surface area (Å²) < 4.78 is 47.7. The number of aromatic nitrogens is 2. The average Bonchev–Trinajstić information content (AvgIpc) is 3.40. The van der Waals surface area contributed by atoms with Crippen LogP contribution in [0.3, 0.4) is 0 Å². The lowest BCUT2D eigenvalue weighted by atomic mass is 10.1. The second kappa shape index (κ2) is 16.0. The second-order valence-electron chi connectivity index (χ2n) is 7.02. The van der Waals surface area contributed by atoms with Crippen molar-refractivity contribution in [2.24, 2.45) is 0 Å². The fraction of sp³-hybridized carbons (Fsp3) is 0.500. The van der Waals surface area contributed by atoms with Crippen molar-refractivity contribution < 1.29 is 22.6 Å². The maximum atomic E-state index is 12.3. The monoisotopic (exact) mass is 483 g/mol. The molecule has 0 amide bonds. The Morgan fingerprint density at radius 2 is 1.71 bits per heavy atom. The smallest absolute Gasteiger partial charge is 0.378 e. The van der Waals surface area contributed by atoms with E-state index >= 15 is 0 Å². The van der Waals surface area contributed by atoms with Gasteiger partial charge in [0, 0.05) is 19.6 Å². The highest BCUT2D eigenvalue weighted by Gasteiger charge is 2.29. The van der Waals surface area contributed by atoms with Crippen LogP contribution < -0.4 is 16.0 Å². The Labute approximate surface area is 200 Å². The van der Waals surface area contributed by atoms with Crippen molar-refractivity contribution in [3.8, 4) is 0 Å². The molecule has 0 saturated carbocycles. The van der Waals surface area contributed by atoms with Gasteiger partial charge in [-0.2, -0.15) is 13.2 Å². The molecule has 2 saturated heterocycles. The molecule has 2 aromatic rings. The zero-order chi connectivity index (χ0) is 25.4. The van der Waals surface area contributed by atoms with Gasteiger partial charge in [-0.15, -0.1) is 13.2 Å². The highest BCUT2D eigenvalue weighted by atomic mass is 19.4. The number of hydrogen-bond acceptors (Lipinski definition) is 7. The van der Waals surface area contributed by atoms with Gasteiger partial charge in [0.15, 0.2) is 0 Å². The van der Waals surface area contributed by atoms with Crippen molar-refractivity contribution in [1.29, 1.82) is 0 Å². The van der Waals surface area contributed by atoms with Gasteiger partial charge >= 0.3 is 6.18 Å². The van der Waals surface area contributed by atoms with Crippen molar-refractivity contribution >= 4 is 11.6 Å². The van der Waals surface area contributed by atoms with Crippen LogP contribution in [0.4, 0.5) is 24.8 Å². The Hall–Kier alpha value is -2.69. The normalized spacial score (nSPS) is 17.3. The van der Waals surface area contributed by atoms with Crippen LogP contribution >= 0.6 is 0 Å². The number of alkyl halides is 3. The first-order chi connectivity index (χ1) is 16.4.